The Morgan fingerprint density at radius 3 is 2.24 bits per heavy atom. The van der Waals surface area contributed by atoms with E-state index in [4.69, 9.17) is 9.47 Å². The Balaban J connectivity index is 1.68. The maximum absolute atomic E-state index is 13.5. The highest BCUT2D eigenvalue weighted by atomic mass is 32.2. The number of aryl methyl sites for hydroxylation is 1. The largest absolute Gasteiger partial charge is 0.490 e. The molecule has 29 heavy (non-hydrogen) atoms. The summed E-state index contributed by atoms with van der Waals surface area (Å²) in [6, 6.07) is 23.8. The molecular formula is C23H23NO4S. The van der Waals surface area contributed by atoms with Crippen molar-refractivity contribution in [3.8, 4) is 5.75 Å². The Kier molecular flexibility index (Phi) is 5.56. The van der Waals surface area contributed by atoms with Crippen LogP contribution in [0, 0.1) is 6.92 Å². The molecule has 150 valence electrons. The van der Waals surface area contributed by atoms with E-state index in [1.807, 2.05) is 61.5 Å². The zero-order valence-corrected chi connectivity index (χ0v) is 17.0. The van der Waals surface area contributed by atoms with Gasteiger partial charge in [0.15, 0.2) is 0 Å². The zero-order chi connectivity index (χ0) is 20.3. The fourth-order valence-electron chi connectivity index (χ4n) is 3.09. The molecule has 0 spiro atoms. The van der Waals surface area contributed by atoms with Crippen LogP contribution in [0.1, 0.15) is 11.1 Å². The molecule has 1 aliphatic heterocycles. The van der Waals surface area contributed by atoms with Gasteiger partial charge in [0.05, 0.1) is 23.7 Å². The van der Waals surface area contributed by atoms with E-state index in [9.17, 15) is 8.42 Å². The molecule has 5 nitrogen and oxygen atoms in total. The van der Waals surface area contributed by atoms with Crippen LogP contribution in [0.15, 0.2) is 78.9 Å². The number of benzene rings is 3. The van der Waals surface area contributed by atoms with Crippen LogP contribution in [0.2, 0.25) is 0 Å². The summed E-state index contributed by atoms with van der Waals surface area (Å²) in [6.07, 6.45) is 0.105. The Hall–Kier alpha value is -2.83. The lowest BCUT2D eigenvalue weighted by atomic mass is 10.2. The number of anilines is 2. The van der Waals surface area contributed by atoms with Crippen molar-refractivity contribution < 1.29 is 17.9 Å². The van der Waals surface area contributed by atoms with Gasteiger partial charge in [-0.3, -0.25) is 0 Å². The molecule has 1 unspecified atom stereocenters. The Bertz CT molecular complexity index is 1060. The highest BCUT2D eigenvalue weighted by molar-refractivity contribution is 7.92. The first-order valence-electron chi connectivity index (χ1n) is 9.50. The molecule has 0 radical (unpaired) electrons. The van der Waals surface area contributed by atoms with Gasteiger partial charge in [-0.05, 0) is 37.3 Å². The van der Waals surface area contributed by atoms with Crippen LogP contribution in [0.25, 0.3) is 0 Å². The van der Waals surface area contributed by atoms with Crippen LogP contribution in [-0.2, 0) is 20.5 Å². The smallest absolute Gasteiger partial charge is 0.243 e. The number of epoxide rings is 1. The molecule has 1 saturated heterocycles. The minimum atomic E-state index is -3.72. The second kappa shape index (κ2) is 8.27. The van der Waals surface area contributed by atoms with Gasteiger partial charge in [-0.2, -0.15) is 0 Å². The molecule has 0 saturated carbocycles. The van der Waals surface area contributed by atoms with E-state index in [1.54, 1.807) is 24.3 Å². The van der Waals surface area contributed by atoms with E-state index < -0.39 is 10.0 Å². The normalized spacial score (nSPS) is 15.7. The summed E-state index contributed by atoms with van der Waals surface area (Å²) < 4.78 is 39.5. The van der Waals surface area contributed by atoms with Gasteiger partial charge in [-0.1, -0.05) is 54.1 Å². The van der Waals surface area contributed by atoms with Gasteiger partial charge in [-0.15, -0.1) is 0 Å². The van der Waals surface area contributed by atoms with Crippen LogP contribution < -0.4 is 9.04 Å². The van der Waals surface area contributed by atoms with Gasteiger partial charge in [0, 0.05) is 5.56 Å². The third-order valence-corrected chi connectivity index (χ3v) is 6.33. The van der Waals surface area contributed by atoms with E-state index >= 15 is 0 Å². The van der Waals surface area contributed by atoms with E-state index in [0.29, 0.717) is 35.9 Å². The average molecular weight is 410 g/mol. The predicted octanol–water partition coefficient (Wildman–Crippen LogP) is 4.44. The van der Waals surface area contributed by atoms with Gasteiger partial charge in [0.25, 0.3) is 0 Å². The molecule has 1 fully saturated rings. The first-order valence-corrected chi connectivity index (χ1v) is 11.1. The SMILES string of the molecule is Cc1ccc(N(c2ccccc2)S(=O)(=O)Cc2ccccc2OCC2CO2)cc1. The summed E-state index contributed by atoms with van der Waals surface area (Å²) in [4.78, 5) is 0. The minimum Gasteiger partial charge on any atom is -0.490 e. The lowest BCUT2D eigenvalue weighted by Crippen LogP contribution is -2.27. The molecular weight excluding hydrogens is 386 g/mol. The molecule has 1 atom stereocenters. The first-order chi connectivity index (χ1) is 14.0. The summed E-state index contributed by atoms with van der Waals surface area (Å²) in [6.45, 7) is 3.09. The third-order valence-electron chi connectivity index (χ3n) is 4.67. The molecule has 1 heterocycles. The van der Waals surface area contributed by atoms with Crippen molar-refractivity contribution in [3.05, 3.63) is 90.0 Å². The second-order valence-corrected chi connectivity index (χ2v) is 8.88. The summed E-state index contributed by atoms with van der Waals surface area (Å²) in [5.41, 5.74) is 2.90. The molecule has 3 aromatic rings. The van der Waals surface area contributed by atoms with Crippen LogP contribution in [0.3, 0.4) is 0 Å². The summed E-state index contributed by atoms with van der Waals surface area (Å²) in [7, 11) is -3.72. The Labute approximate surface area is 171 Å². The molecule has 0 aliphatic carbocycles. The standard InChI is InChI=1S/C23H23NO4S/c1-18-11-13-21(14-12-18)24(20-8-3-2-4-9-20)29(25,26)17-19-7-5-6-10-23(19)28-16-22-15-27-22/h2-14,22H,15-17H2,1H3. The van der Waals surface area contributed by atoms with Crippen LogP contribution in [0.5, 0.6) is 5.75 Å². The van der Waals surface area contributed by atoms with Crippen molar-refractivity contribution in [1.29, 1.82) is 0 Å². The van der Waals surface area contributed by atoms with Crippen molar-refractivity contribution in [3.63, 3.8) is 0 Å². The lowest BCUT2D eigenvalue weighted by Gasteiger charge is -2.25. The van der Waals surface area contributed by atoms with Crippen molar-refractivity contribution >= 4 is 21.4 Å². The quantitative estimate of drug-likeness (QED) is 0.516. The minimum absolute atomic E-state index is 0.105. The molecule has 1 aliphatic rings. The Morgan fingerprint density at radius 2 is 1.55 bits per heavy atom. The number of sulfonamides is 1. The van der Waals surface area contributed by atoms with E-state index in [2.05, 4.69) is 0 Å². The van der Waals surface area contributed by atoms with Gasteiger partial charge >= 0.3 is 0 Å². The van der Waals surface area contributed by atoms with Crippen molar-refractivity contribution in [2.45, 2.75) is 18.8 Å². The summed E-state index contributed by atoms with van der Waals surface area (Å²) >= 11 is 0. The van der Waals surface area contributed by atoms with Crippen LogP contribution >= 0.6 is 0 Å². The fraction of sp³-hybridized carbons (Fsp3) is 0.217. The average Bonchev–Trinajstić information content (AvgIpc) is 3.54. The van der Waals surface area contributed by atoms with Gasteiger partial charge in [-0.25, -0.2) is 12.7 Å². The number of ether oxygens (including phenoxy) is 2. The molecule has 0 N–H and O–H groups in total. The maximum Gasteiger partial charge on any atom is 0.243 e. The van der Waals surface area contributed by atoms with E-state index in [1.165, 1.54) is 4.31 Å². The van der Waals surface area contributed by atoms with Crippen LogP contribution in [-0.4, -0.2) is 27.7 Å². The van der Waals surface area contributed by atoms with E-state index in [-0.39, 0.29) is 11.9 Å². The molecule has 0 bridgehead atoms. The monoisotopic (exact) mass is 409 g/mol. The number of rotatable bonds is 8. The summed E-state index contributed by atoms with van der Waals surface area (Å²) in [5, 5.41) is 0. The fourth-order valence-corrected chi connectivity index (χ4v) is 4.73. The van der Waals surface area contributed by atoms with Crippen molar-refractivity contribution in [1.82, 2.24) is 0 Å². The highest BCUT2D eigenvalue weighted by Gasteiger charge is 2.27. The number of para-hydroxylation sites is 2. The van der Waals surface area contributed by atoms with Gasteiger partial charge in [0.1, 0.15) is 18.5 Å². The van der Waals surface area contributed by atoms with E-state index in [0.717, 1.165) is 5.56 Å². The van der Waals surface area contributed by atoms with Gasteiger partial charge < -0.3 is 9.47 Å². The van der Waals surface area contributed by atoms with Crippen molar-refractivity contribution in [2.75, 3.05) is 17.5 Å². The molecule has 0 amide bonds. The Morgan fingerprint density at radius 1 is 0.931 bits per heavy atom. The number of hydrogen-bond donors (Lipinski definition) is 0. The predicted molar refractivity (Wildman–Crippen MR) is 114 cm³/mol. The maximum atomic E-state index is 13.5. The topological polar surface area (TPSA) is 59.1 Å². The number of nitrogens with zero attached hydrogens (tertiary/aromatic N) is 1. The molecule has 3 aromatic carbocycles. The highest BCUT2D eigenvalue weighted by Crippen LogP contribution is 2.32. The summed E-state index contributed by atoms with van der Waals surface area (Å²) in [5.74, 6) is 0.403. The van der Waals surface area contributed by atoms with Crippen molar-refractivity contribution in [2.24, 2.45) is 0 Å². The first kappa shape index (κ1) is 19.5. The molecule has 4 rings (SSSR count). The van der Waals surface area contributed by atoms with Crippen LogP contribution in [0.4, 0.5) is 11.4 Å². The van der Waals surface area contributed by atoms with Gasteiger partial charge in [0.2, 0.25) is 10.0 Å². The second-order valence-electron chi connectivity index (χ2n) is 7.07. The molecule has 0 aromatic heterocycles. The number of hydrogen-bond acceptors (Lipinski definition) is 4. The zero-order valence-electron chi connectivity index (χ0n) is 16.2. The lowest BCUT2D eigenvalue weighted by molar-refractivity contribution is 0.261. The third kappa shape index (κ3) is 4.78. The molecule has 6 heteroatoms.